The van der Waals surface area contributed by atoms with E-state index >= 15 is 0 Å². The lowest BCUT2D eigenvalue weighted by Gasteiger charge is -2.46. The van der Waals surface area contributed by atoms with Crippen molar-refractivity contribution in [2.24, 2.45) is 11.7 Å². The maximum atomic E-state index is 9.27. The molecule has 4 N–H and O–H groups in total. The quantitative estimate of drug-likeness (QED) is 0.508. The average molecular weight is 288 g/mol. The summed E-state index contributed by atoms with van der Waals surface area (Å²) in [6.45, 7) is 3.10. The van der Waals surface area contributed by atoms with E-state index in [1.807, 2.05) is 12.1 Å². The van der Waals surface area contributed by atoms with E-state index in [0.29, 0.717) is 17.7 Å². The topological polar surface area (TPSA) is 58.3 Å². The van der Waals surface area contributed by atoms with Crippen LogP contribution >= 0.6 is 0 Å². The molecule has 1 fully saturated rings. The minimum absolute atomic E-state index is 0.00584. The molecule has 116 valence electrons. The highest BCUT2D eigenvalue weighted by Gasteiger charge is 2.39. The summed E-state index contributed by atoms with van der Waals surface area (Å²) in [7, 11) is 2.24. The number of phenolic OH excluding ortho intramolecular Hbond substituents is 1. The van der Waals surface area contributed by atoms with Crippen molar-refractivity contribution >= 4 is 7.85 Å². The number of unbranched alkanes of at least 4 members (excludes halogenated alkanes) is 1. The van der Waals surface area contributed by atoms with Crippen LogP contribution in [0.3, 0.4) is 0 Å². The van der Waals surface area contributed by atoms with Crippen LogP contribution in [0.5, 0.6) is 5.75 Å². The maximum absolute atomic E-state index is 9.27. The smallest absolute Gasteiger partial charge is 0.115 e. The summed E-state index contributed by atoms with van der Waals surface area (Å²) in [5.74, 6) is 0.986. The minimum atomic E-state index is 0.00584. The Morgan fingerprint density at radius 3 is 2.57 bits per heavy atom. The Bertz CT molecular complexity index is 427. The van der Waals surface area contributed by atoms with Crippen LogP contribution in [-0.4, -0.2) is 24.5 Å². The zero-order chi connectivity index (χ0) is 15.3. The molecule has 0 radical (unpaired) electrons. The van der Waals surface area contributed by atoms with Crippen LogP contribution in [0.4, 0.5) is 0 Å². The standard InChI is InChI=1S/C17H29BN2O/c1-17(19,8-2-3-9-18)14-10-15(11-14)20-12-13-4-6-16(21)7-5-13/h4-7,14-15,20-21H,2-3,8-12,18-19H2,1H3/t14-,15+,17?. The van der Waals surface area contributed by atoms with Gasteiger partial charge >= 0.3 is 0 Å². The second-order valence-electron chi connectivity index (χ2n) is 6.88. The maximum Gasteiger partial charge on any atom is 0.115 e. The number of rotatable bonds is 8. The lowest BCUT2D eigenvalue weighted by atomic mass is 9.67. The number of nitrogens with one attached hydrogen (secondary N) is 1. The Hall–Kier alpha value is -0.995. The first-order valence-electron chi connectivity index (χ1n) is 8.31. The SMILES string of the molecule is BCCCCC(C)(N)[C@H]1C[C@@H](NCc2ccc(O)cc2)C1. The molecule has 0 heterocycles. The predicted molar refractivity (Wildman–Crippen MR) is 91.3 cm³/mol. The Morgan fingerprint density at radius 1 is 1.29 bits per heavy atom. The fourth-order valence-corrected chi connectivity index (χ4v) is 3.16. The summed E-state index contributed by atoms with van der Waals surface area (Å²) in [6, 6.07) is 8.01. The fourth-order valence-electron chi connectivity index (χ4n) is 3.16. The molecule has 3 nitrogen and oxygen atoms in total. The van der Waals surface area contributed by atoms with E-state index in [1.165, 1.54) is 37.6 Å². The molecule has 21 heavy (non-hydrogen) atoms. The van der Waals surface area contributed by atoms with Gasteiger partial charge in [-0.05, 0) is 49.8 Å². The summed E-state index contributed by atoms with van der Waals surface area (Å²) in [5, 5.41) is 12.9. The molecular weight excluding hydrogens is 259 g/mol. The molecule has 1 aromatic rings. The zero-order valence-electron chi connectivity index (χ0n) is 13.4. The molecule has 0 amide bonds. The Kier molecular flexibility index (Phi) is 5.71. The van der Waals surface area contributed by atoms with Crippen LogP contribution in [0, 0.1) is 5.92 Å². The number of hydrogen-bond donors (Lipinski definition) is 3. The average Bonchev–Trinajstić information content (AvgIpc) is 2.39. The van der Waals surface area contributed by atoms with Crippen molar-refractivity contribution in [2.75, 3.05) is 0 Å². The second-order valence-corrected chi connectivity index (χ2v) is 6.88. The number of phenols is 1. The largest absolute Gasteiger partial charge is 0.508 e. The molecule has 2 rings (SSSR count). The molecule has 0 spiro atoms. The van der Waals surface area contributed by atoms with Crippen molar-refractivity contribution < 1.29 is 5.11 Å². The highest BCUT2D eigenvalue weighted by Crippen LogP contribution is 2.37. The van der Waals surface area contributed by atoms with Crippen molar-refractivity contribution in [3.63, 3.8) is 0 Å². The van der Waals surface area contributed by atoms with E-state index in [2.05, 4.69) is 20.1 Å². The van der Waals surface area contributed by atoms with Crippen LogP contribution in [0.15, 0.2) is 24.3 Å². The molecule has 1 aromatic carbocycles. The number of aromatic hydroxyl groups is 1. The van der Waals surface area contributed by atoms with E-state index in [1.54, 1.807) is 12.1 Å². The van der Waals surface area contributed by atoms with Gasteiger partial charge in [0.15, 0.2) is 0 Å². The summed E-state index contributed by atoms with van der Waals surface area (Å²) >= 11 is 0. The van der Waals surface area contributed by atoms with Gasteiger partial charge in [-0.3, -0.25) is 0 Å². The zero-order valence-corrected chi connectivity index (χ0v) is 13.4. The molecule has 0 aromatic heterocycles. The highest BCUT2D eigenvalue weighted by atomic mass is 16.3. The van der Waals surface area contributed by atoms with Crippen molar-refractivity contribution in [2.45, 2.75) is 63.5 Å². The number of hydrogen-bond acceptors (Lipinski definition) is 3. The molecule has 1 aliphatic carbocycles. The van der Waals surface area contributed by atoms with Gasteiger partial charge in [0.2, 0.25) is 0 Å². The molecule has 1 unspecified atom stereocenters. The van der Waals surface area contributed by atoms with Crippen molar-refractivity contribution in [1.29, 1.82) is 0 Å². The lowest BCUT2D eigenvalue weighted by molar-refractivity contribution is 0.123. The molecule has 1 aliphatic rings. The van der Waals surface area contributed by atoms with E-state index in [4.69, 9.17) is 5.73 Å². The normalized spacial score (nSPS) is 24.3. The Labute approximate surface area is 129 Å². The molecule has 1 saturated carbocycles. The molecule has 0 bridgehead atoms. The second kappa shape index (κ2) is 7.32. The first-order valence-corrected chi connectivity index (χ1v) is 8.31. The van der Waals surface area contributed by atoms with Gasteiger partial charge in [0.25, 0.3) is 0 Å². The Balaban J connectivity index is 1.67. The molecule has 0 saturated heterocycles. The summed E-state index contributed by atoms with van der Waals surface area (Å²) in [6.07, 6.45) is 7.34. The van der Waals surface area contributed by atoms with Crippen LogP contribution in [-0.2, 0) is 6.54 Å². The van der Waals surface area contributed by atoms with Gasteiger partial charge in [-0.1, -0.05) is 31.3 Å². The van der Waals surface area contributed by atoms with Gasteiger partial charge in [0.05, 0.1) is 0 Å². The van der Waals surface area contributed by atoms with Crippen LogP contribution in [0.2, 0.25) is 6.32 Å². The van der Waals surface area contributed by atoms with E-state index in [-0.39, 0.29) is 5.54 Å². The minimum Gasteiger partial charge on any atom is -0.508 e. The van der Waals surface area contributed by atoms with Gasteiger partial charge < -0.3 is 16.2 Å². The lowest BCUT2D eigenvalue weighted by Crippen LogP contribution is -2.54. The first-order chi connectivity index (χ1) is 10.0. The van der Waals surface area contributed by atoms with Gasteiger partial charge in [-0.15, -0.1) is 0 Å². The third-order valence-electron chi connectivity index (χ3n) is 4.92. The van der Waals surface area contributed by atoms with E-state index in [9.17, 15) is 5.11 Å². The van der Waals surface area contributed by atoms with Gasteiger partial charge in [-0.25, -0.2) is 0 Å². The summed E-state index contributed by atoms with van der Waals surface area (Å²) < 4.78 is 0. The first kappa shape index (κ1) is 16.4. The molecule has 4 heteroatoms. The van der Waals surface area contributed by atoms with Gasteiger partial charge in [0, 0.05) is 18.1 Å². The van der Waals surface area contributed by atoms with Gasteiger partial charge in [0.1, 0.15) is 13.6 Å². The van der Waals surface area contributed by atoms with Crippen molar-refractivity contribution in [1.82, 2.24) is 5.32 Å². The number of benzene rings is 1. The Morgan fingerprint density at radius 2 is 1.95 bits per heavy atom. The third-order valence-corrected chi connectivity index (χ3v) is 4.92. The summed E-state index contributed by atoms with van der Waals surface area (Å²) in [5.41, 5.74) is 7.72. The molecular formula is C17H29BN2O. The highest BCUT2D eigenvalue weighted by molar-refractivity contribution is 6.08. The molecule has 1 atom stereocenters. The van der Waals surface area contributed by atoms with Crippen LogP contribution in [0.25, 0.3) is 0 Å². The van der Waals surface area contributed by atoms with Gasteiger partial charge in [-0.2, -0.15) is 0 Å². The molecule has 0 aliphatic heterocycles. The van der Waals surface area contributed by atoms with Crippen LogP contribution in [0.1, 0.15) is 44.6 Å². The number of nitrogens with two attached hydrogens (primary N) is 1. The van der Waals surface area contributed by atoms with Crippen molar-refractivity contribution in [3.05, 3.63) is 29.8 Å². The van der Waals surface area contributed by atoms with E-state index < -0.39 is 0 Å². The summed E-state index contributed by atoms with van der Waals surface area (Å²) in [4.78, 5) is 0. The fraction of sp³-hybridized carbons (Fsp3) is 0.647. The van der Waals surface area contributed by atoms with E-state index in [0.717, 1.165) is 13.0 Å². The third kappa shape index (κ3) is 4.75. The van der Waals surface area contributed by atoms with Crippen LogP contribution < -0.4 is 11.1 Å². The van der Waals surface area contributed by atoms with Crippen molar-refractivity contribution in [3.8, 4) is 5.75 Å². The monoisotopic (exact) mass is 288 g/mol. The predicted octanol–water partition coefficient (Wildman–Crippen LogP) is 2.20.